The zero-order chi connectivity index (χ0) is 16.7. The standard InChI is InChI=1S/C20H25NO3/c1-20(13-22)6-3-7-21(12-20)11-16-10-19(23)24-18-9-15-5-2-4-14(15)8-17(16)18/h8-10,22H,2-7,11-13H2,1H3. The Morgan fingerprint density at radius 1 is 1.21 bits per heavy atom. The van der Waals surface area contributed by atoms with Crippen LogP contribution in [0.3, 0.4) is 0 Å². The smallest absolute Gasteiger partial charge is 0.336 e. The van der Waals surface area contributed by atoms with Crippen LogP contribution in [0.2, 0.25) is 0 Å². The summed E-state index contributed by atoms with van der Waals surface area (Å²) in [5.41, 5.74) is 4.20. The zero-order valence-corrected chi connectivity index (χ0v) is 14.3. The molecule has 0 radical (unpaired) electrons. The van der Waals surface area contributed by atoms with Gasteiger partial charge in [-0.15, -0.1) is 0 Å². The molecule has 2 heterocycles. The van der Waals surface area contributed by atoms with Gasteiger partial charge in [0.1, 0.15) is 5.58 Å². The molecule has 0 bridgehead atoms. The number of likely N-dealkylation sites (tertiary alicyclic amines) is 1. The average Bonchev–Trinajstić information content (AvgIpc) is 3.00. The van der Waals surface area contributed by atoms with Gasteiger partial charge in [-0.2, -0.15) is 0 Å². The highest BCUT2D eigenvalue weighted by atomic mass is 16.4. The minimum atomic E-state index is -0.266. The van der Waals surface area contributed by atoms with Crippen LogP contribution in [0, 0.1) is 5.41 Å². The first-order chi connectivity index (χ1) is 11.6. The number of piperidine rings is 1. The van der Waals surface area contributed by atoms with E-state index >= 15 is 0 Å². The molecule has 128 valence electrons. The lowest BCUT2D eigenvalue weighted by Crippen LogP contribution is -2.43. The van der Waals surface area contributed by atoms with Crippen molar-refractivity contribution in [2.24, 2.45) is 5.41 Å². The summed E-state index contributed by atoms with van der Waals surface area (Å²) in [5.74, 6) is 0. The number of hydrogen-bond donors (Lipinski definition) is 1. The molecule has 1 aromatic carbocycles. The van der Waals surface area contributed by atoms with Crippen molar-refractivity contribution < 1.29 is 9.52 Å². The van der Waals surface area contributed by atoms with Gasteiger partial charge in [0, 0.05) is 36.6 Å². The molecule has 1 saturated heterocycles. The minimum absolute atomic E-state index is 0.0330. The van der Waals surface area contributed by atoms with E-state index in [1.165, 1.54) is 17.5 Å². The second-order valence-electron chi connectivity index (χ2n) is 7.84. The highest BCUT2D eigenvalue weighted by Crippen LogP contribution is 2.32. The number of hydrogen-bond acceptors (Lipinski definition) is 4. The molecule has 1 aromatic heterocycles. The van der Waals surface area contributed by atoms with Crippen LogP contribution in [0.4, 0.5) is 0 Å². The molecule has 1 N–H and O–H groups in total. The van der Waals surface area contributed by atoms with Crippen LogP contribution in [-0.2, 0) is 19.4 Å². The van der Waals surface area contributed by atoms with Crippen molar-refractivity contribution in [1.29, 1.82) is 0 Å². The minimum Gasteiger partial charge on any atom is -0.423 e. The Morgan fingerprint density at radius 3 is 2.79 bits per heavy atom. The van der Waals surface area contributed by atoms with Crippen molar-refractivity contribution in [2.75, 3.05) is 19.7 Å². The predicted octanol–water partition coefficient (Wildman–Crippen LogP) is 2.88. The molecule has 2 aromatic rings. The van der Waals surface area contributed by atoms with E-state index in [-0.39, 0.29) is 17.6 Å². The monoisotopic (exact) mass is 327 g/mol. The van der Waals surface area contributed by atoms with Gasteiger partial charge in [-0.05, 0) is 67.5 Å². The first-order valence-electron chi connectivity index (χ1n) is 8.98. The van der Waals surface area contributed by atoms with Gasteiger partial charge in [0.2, 0.25) is 0 Å². The Balaban J connectivity index is 1.70. The number of aliphatic hydroxyl groups is 1. The summed E-state index contributed by atoms with van der Waals surface area (Å²) in [7, 11) is 0. The van der Waals surface area contributed by atoms with E-state index in [4.69, 9.17) is 4.42 Å². The second kappa shape index (κ2) is 6.01. The molecule has 1 aliphatic heterocycles. The molecular formula is C20H25NO3. The van der Waals surface area contributed by atoms with Crippen molar-refractivity contribution in [3.05, 3.63) is 45.3 Å². The number of nitrogens with zero attached hydrogens (tertiary/aromatic N) is 1. The molecule has 1 atom stereocenters. The summed E-state index contributed by atoms with van der Waals surface area (Å²) < 4.78 is 5.46. The first-order valence-corrected chi connectivity index (χ1v) is 8.98. The highest BCUT2D eigenvalue weighted by Gasteiger charge is 2.30. The number of fused-ring (bicyclic) bond motifs is 2. The van der Waals surface area contributed by atoms with E-state index in [2.05, 4.69) is 24.0 Å². The predicted molar refractivity (Wildman–Crippen MR) is 94.2 cm³/mol. The average molecular weight is 327 g/mol. The van der Waals surface area contributed by atoms with E-state index in [9.17, 15) is 9.90 Å². The Hall–Kier alpha value is -1.65. The number of aliphatic hydroxyl groups excluding tert-OH is 1. The molecule has 2 aliphatic rings. The van der Waals surface area contributed by atoms with Gasteiger partial charge in [0.25, 0.3) is 0 Å². The summed E-state index contributed by atoms with van der Waals surface area (Å²) in [5, 5.41) is 10.7. The summed E-state index contributed by atoms with van der Waals surface area (Å²) >= 11 is 0. The van der Waals surface area contributed by atoms with Crippen molar-refractivity contribution in [2.45, 2.75) is 45.6 Å². The summed E-state index contributed by atoms with van der Waals surface area (Å²) in [6.45, 7) is 4.99. The lowest BCUT2D eigenvalue weighted by atomic mass is 9.82. The highest BCUT2D eigenvalue weighted by molar-refractivity contribution is 5.82. The molecule has 4 rings (SSSR count). The Labute approximate surface area is 142 Å². The molecule has 0 spiro atoms. The third-order valence-corrected chi connectivity index (χ3v) is 5.68. The lowest BCUT2D eigenvalue weighted by molar-refractivity contribution is 0.0430. The number of rotatable bonds is 3. The van der Waals surface area contributed by atoms with Crippen molar-refractivity contribution in [1.82, 2.24) is 4.90 Å². The Bertz CT molecular complexity index is 825. The Kier molecular flexibility index (Phi) is 3.97. The fraction of sp³-hybridized carbons (Fsp3) is 0.550. The molecule has 24 heavy (non-hydrogen) atoms. The van der Waals surface area contributed by atoms with E-state index in [0.717, 1.165) is 61.9 Å². The molecular weight excluding hydrogens is 302 g/mol. The molecule has 1 aliphatic carbocycles. The largest absolute Gasteiger partial charge is 0.423 e. The van der Waals surface area contributed by atoms with Crippen LogP contribution in [0.25, 0.3) is 11.0 Å². The van der Waals surface area contributed by atoms with Gasteiger partial charge >= 0.3 is 5.63 Å². The Morgan fingerprint density at radius 2 is 2.00 bits per heavy atom. The lowest BCUT2D eigenvalue weighted by Gasteiger charge is -2.39. The van der Waals surface area contributed by atoms with Crippen molar-refractivity contribution in [3.63, 3.8) is 0 Å². The topological polar surface area (TPSA) is 53.7 Å². The fourth-order valence-electron chi connectivity index (χ4n) is 4.36. The van der Waals surface area contributed by atoms with Crippen molar-refractivity contribution >= 4 is 11.0 Å². The maximum absolute atomic E-state index is 12.0. The number of aryl methyl sites for hydroxylation is 2. The third kappa shape index (κ3) is 2.89. The third-order valence-electron chi connectivity index (χ3n) is 5.68. The maximum Gasteiger partial charge on any atom is 0.336 e. The molecule has 4 heteroatoms. The van der Waals surface area contributed by atoms with Gasteiger partial charge < -0.3 is 9.52 Å². The molecule has 1 fully saturated rings. The normalized spacial score (nSPS) is 24.4. The summed E-state index contributed by atoms with van der Waals surface area (Å²) in [6.07, 6.45) is 5.54. The van der Waals surface area contributed by atoms with Crippen LogP contribution < -0.4 is 5.63 Å². The second-order valence-corrected chi connectivity index (χ2v) is 7.84. The van der Waals surface area contributed by atoms with Gasteiger partial charge in [0.05, 0.1) is 0 Å². The van der Waals surface area contributed by atoms with E-state index in [0.29, 0.717) is 0 Å². The van der Waals surface area contributed by atoms with E-state index in [1.807, 2.05) is 0 Å². The quantitative estimate of drug-likeness (QED) is 0.881. The van der Waals surface area contributed by atoms with E-state index < -0.39 is 0 Å². The molecule has 0 amide bonds. The van der Waals surface area contributed by atoms with Gasteiger partial charge in [-0.3, -0.25) is 4.90 Å². The van der Waals surface area contributed by atoms with Crippen LogP contribution in [0.1, 0.15) is 42.9 Å². The van der Waals surface area contributed by atoms with Crippen LogP contribution in [-0.4, -0.2) is 29.7 Å². The van der Waals surface area contributed by atoms with E-state index in [1.54, 1.807) is 6.07 Å². The van der Waals surface area contributed by atoms with Crippen molar-refractivity contribution in [3.8, 4) is 0 Å². The SMILES string of the molecule is CC1(CO)CCCN(Cc2cc(=O)oc3cc4c(cc23)CCC4)C1. The molecule has 4 nitrogen and oxygen atoms in total. The summed E-state index contributed by atoms with van der Waals surface area (Å²) in [6, 6.07) is 5.94. The van der Waals surface area contributed by atoms with Gasteiger partial charge in [-0.1, -0.05) is 6.92 Å². The van der Waals surface area contributed by atoms with Crippen LogP contribution in [0.15, 0.2) is 27.4 Å². The molecule has 0 saturated carbocycles. The zero-order valence-electron chi connectivity index (χ0n) is 14.3. The first kappa shape index (κ1) is 15.9. The van der Waals surface area contributed by atoms with Crippen LogP contribution >= 0.6 is 0 Å². The van der Waals surface area contributed by atoms with Gasteiger partial charge in [0.15, 0.2) is 0 Å². The molecule has 1 unspecified atom stereocenters. The van der Waals surface area contributed by atoms with Crippen LogP contribution in [0.5, 0.6) is 0 Å². The fourth-order valence-corrected chi connectivity index (χ4v) is 4.36. The maximum atomic E-state index is 12.0. The van der Waals surface area contributed by atoms with Gasteiger partial charge in [-0.25, -0.2) is 4.79 Å². The summed E-state index contributed by atoms with van der Waals surface area (Å²) in [4.78, 5) is 14.4. The number of benzene rings is 1.